The summed E-state index contributed by atoms with van der Waals surface area (Å²) in [6.07, 6.45) is -25.7. The van der Waals surface area contributed by atoms with E-state index in [1.807, 2.05) is 91.0 Å². The number of alkyl halides is 1. The van der Waals surface area contributed by atoms with Gasteiger partial charge in [-0.05, 0) is 89.5 Å². The third kappa shape index (κ3) is 20.3. The van der Waals surface area contributed by atoms with Crippen molar-refractivity contribution in [1.82, 2.24) is 0 Å². The summed E-state index contributed by atoms with van der Waals surface area (Å²) in [5.74, 6) is -5.62. The van der Waals surface area contributed by atoms with Crippen molar-refractivity contribution in [2.75, 3.05) is 31.8 Å². The molecule has 3 aliphatic heterocycles. The van der Waals surface area contributed by atoms with E-state index >= 15 is 9.59 Å². The third-order valence-electron chi connectivity index (χ3n) is 17.5. The van der Waals surface area contributed by atoms with Crippen LogP contribution in [0.5, 0.6) is 0 Å². The predicted octanol–water partition coefficient (Wildman–Crippen LogP) is 11.7. The summed E-state index contributed by atoms with van der Waals surface area (Å²) in [6.45, 7) is -1.80. The van der Waals surface area contributed by atoms with E-state index in [0.29, 0.717) is 5.56 Å². The minimum Gasteiger partial charge on any atom is -0.459 e. The summed E-state index contributed by atoms with van der Waals surface area (Å²) in [5, 5.41) is 13.3. The van der Waals surface area contributed by atoms with Crippen molar-refractivity contribution in [3.05, 3.63) is 323 Å². The normalized spacial score (nSPS) is 24.1. The molecular weight excluding hydrogens is 1430 g/mol. The van der Waals surface area contributed by atoms with Crippen molar-refractivity contribution in [2.45, 2.75) is 112 Å². The number of halogens is 1. The molecule has 0 amide bonds. The predicted molar refractivity (Wildman–Crippen MR) is 384 cm³/mol. The second kappa shape index (κ2) is 38.2. The SMILES string of the molecule is O=C(OC[C@H]1O[C@@H](O[C@H]2[C@H](OC(=O)c3ccccc3)[C@@H](OC(=O)c3ccccc3)[C@H](OCCBr)O[C@@H]2COC(=O)c2ccccc2)[C@H](OC(=O)c2ccccc2)[C@@H](OC(=O)c2ccccc2)[C@H]1O[C@H]1O[C@H](COCc2ccccc2)[C@H](OCc2ccccc2)[C@H](O)[C@H]1OCc1ccccc1)c1ccccc1. The largest absolute Gasteiger partial charge is 0.459 e. The van der Waals surface area contributed by atoms with Gasteiger partial charge in [0.05, 0.1) is 66.4 Å². The van der Waals surface area contributed by atoms with Gasteiger partial charge in [0.2, 0.25) is 0 Å². The van der Waals surface area contributed by atoms with Gasteiger partial charge in [-0.1, -0.05) is 216 Å². The van der Waals surface area contributed by atoms with Gasteiger partial charge in [0, 0.05) is 5.33 Å². The molecule has 9 aromatic rings. The first-order valence-electron chi connectivity index (χ1n) is 34.5. The summed E-state index contributed by atoms with van der Waals surface area (Å²) in [7, 11) is 0. The number of carbonyl (C=O) groups is 6. The highest BCUT2D eigenvalue weighted by Crippen LogP contribution is 2.40. The Morgan fingerprint density at radius 2 is 0.585 bits per heavy atom. The van der Waals surface area contributed by atoms with Crippen LogP contribution >= 0.6 is 15.9 Å². The van der Waals surface area contributed by atoms with Gasteiger partial charge in [-0.2, -0.15) is 0 Å². The van der Waals surface area contributed by atoms with E-state index in [9.17, 15) is 24.3 Å². The van der Waals surface area contributed by atoms with Crippen molar-refractivity contribution in [3.63, 3.8) is 0 Å². The summed E-state index contributed by atoms with van der Waals surface area (Å²) in [5.41, 5.74) is 2.62. The molecule has 3 fully saturated rings. The van der Waals surface area contributed by atoms with Gasteiger partial charge in [0.15, 0.2) is 43.3 Å². The minimum atomic E-state index is -2.12. The van der Waals surface area contributed by atoms with Crippen LogP contribution in [0.2, 0.25) is 0 Å². The monoisotopic (exact) mass is 1500 g/mol. The first kappa shape index (κ1) is 75.6. The van der Waals surface area contributed by atoms with E-state index in [1.54, 1.807) is 109 Å². The van der Waals surface area contributed by atoms with Crippen LogP contribution in [0, 0.1) is 0 Å². The molecule has 3 aliphatic rings. The van der Waals surface area contributed by atoms with E-state index < -0.39 is 141 Å². The van der Waals surface area contributed by atoms with Crippen molar-refractivity contribution < 1.29 is 105 Å². The first-order valence-corrected chi connectivity index (χ1v) is 35.6. The molecule has 1 N–H and O–H groups in total. The number of ether oxygens (including phenoxy) is 15. The van der Waals surface area contributed by atoms with Gasteiger partial charge in [-0.15, -0.1) is 0 Å². The van der Waals surface area contributed by atoms with Crippen LogP contribution in [0.1, 0.15) is 78.8 Å². The molecule has 0 unspecified atom stereocenters. The number of benzene rings is 9. The zero-order valence-electron chi connectivity index (χ0n) is 57.2. The van der Waals surface area contributed by atoms with Crippen molar-refractivity contribution in [3.8, 4) is 0 Å². The van der Waals surface area contributed by atoms with Crippen LogP contribution in [-0.4, -0.2) is 165 Å². The Labute approximate surface area is 620 Å². The molecule has 0 spiro atoms. The zero-order valence-corrected chi connectivity index (χ0v) is 58.8. The Hall–Kier alpha value is -10.1. The lowest BCUT2D eigenvalue weighted by molar-refractivity contribution is -0.381. The zero-order chi connectivity index (χ0) is 73.4. The number of aliphatic hydroxyl groups is 1. The van der Waals surface area contributed by atoms with Crippen LogP contribution < -0.4 is 0 Å². The van der Waals surface area contributed by atoms with Gasteiger partial charge in [0.1, 0.15) is 62.0 Å². The lowest BCUT2D eigenvalue weighted by Crippen LogP contribution is -2.68. The summed E-state index contributed by atoms with van der Waals surface area (Å²) >= 11 is 3.41. The molecule has 0 aromatic heterocycles. The van der Waals surface area contributed by atoms with Crippen molar-refractivity contribution >= 4 is 51.7 Å². The standard InChI is InChI=1S/C83H77BrO22/c84-46-47-93-81-73(103-79(90)61-42-24-8-25-43-61)71(101-77(88)59-38-20-6-21-39-59)68(64(98-81)52-96-75(86)57-34-16-4-17-35-57)106-83-74(104-80(91)62-44-26-9-27-45-62)72(102-78(89)60-40-22-7-23-41-60)69(65(100-83)53-97-76(87)58-36-18-5-19-37-58)105-82-70(95-50-56-32-14-3-15-33-56)66(85)67(94-49-55-30-12-2-13-31-55)63(99-82)51-92-48-54-28-10-1-11-29-54/h1-45,63-74,81-83,85H,46-53H2/t63-,64-,65-,66+,67+,68-,69+,70-,71+,72+,73-,74-,81-,82-,83+/m1/s1. The van der Waals surface area contributed by atoms with Crippen LogP contribution in [0.25, 0.3) is 0 Å². The fraction of sp³-hybridized carbons (Fsp3) is 0.277. The topological polar surface area (TPSA) is 261 Å². The van der Waals surface area contributed by atoms with Crippen LogP contribution in [-0.2, 0) is 90.9 Å². The smallest absolute Gasteiger partial charge is 0.338 e. The maximum absolute atomic E-state index is 15.3. The highest BCUT2D eigenvalue weighted by molar-refractivity contribution is 9.09. The fourth-order valence-electron chi connectivity index (χ4n) is 12.2. The molecule has 12 rings (SSSR count). The highest BCUT2D eigenvalue weighted by Gasteiger charge is 2.60. The Morgan fingerprint density at radius 3 is 0.943 bits per heavy atom. The number of esters is 6. The van der Waals surface area contributed by atoms with Gasteiger partial charge >= 0.3 is 35.8 Å². The third-order valence-corrected chi connectivity index (χ3v) is 17.8. The molecule has 9 aromatic carbocycles. The lowest BCUT2D eigenvalue weighted by atomic mass is 9.95. The van der Waals surface area contributed by atoms with Crippen LogP contribution in [0.4, 0.5) is 0 Å². The number of carbonyl (C=O) groups excluding carboxylic acids is 6. The second-order valence-corrected chi connectivity index (χ2v) is 25.6. The minimum absolute atomic E-state index is 0.000642. The highest BCUT2D eigenvalue weighted by atomic mass is 79.9. The molecule has 0 bridgehead atoms. The van der Waals surface area contributed by atoms with Gasteiger partial charge in [-0.25, -0.2) is 28.8 Å². The molecule has 3 saturated heterocycles. The Bertz CT molecular complexity index is 4220. The average Bonchev–Trinajstić information content (AvgIpc) is 0.759. The van der Waals surface area contributed by atoms with Gasteiger partial charge in [-0.3, -0.25) is 0 Å². The molecule has 23 heteroatoms. The van der Waals surface area contributed by atoms with E-state index in [-0.39, 0.29) is 71.7 Å². The molecule has 548 valence electrons. The van der Waals surface area contributed by atoms with Crippen molar-refractivity contribution in [1.29, 1.82) is 0 Å². The van der Waals surface area contributed by atoms with E-state index in [1.165, 1.54) is 72.8 Å². The molecule has 0 radical (unpaired) electrons. The number of rotatable bonds is 31. The first-order chi connectivity index (χ1) is 51.9. The molecule has 22 nitrogen and oxygen atoms in total. The quantitative estimate of drug-likeness (QED) is 0.0240. The summed E-state index contributed by atoms with van der Waals surface area (Å²) < 4.78 is 100. The van der Waals surface area contributed by atoms with E-state index in [0.717, 1.165) is 11.1 Å². The maximum atomic E-state index is 15.3. The van der Waals surface area contributed by atoms with Gasteiger partial charge < -0.3 is 76.2 Å². The lowest BCUT2D eigenvalue weighted by Gasteiger charge is -2.50. The second-order valence-electron chi connectivity index (χ2n) is 24.8. The average molecular weight is 1510 g/mol. The molecule has 0 saturated carbocycles. The Kier molecular flexibility index (Phi) is 27.3. The number of hydrogen-bond acceptors (Lipinski definition) is 22. The van der Waals surface area contributed by atoms with Gasteiger partial charge in [0.25, 0.3) is 0 Å². The number of aliphatic hydroxyl groups excluding tert-OH is 1. The molecule has 3 heterocycles. The number of hydrogen-bond donors (Lipinski definition) is 1. The Morgan fingerprint density at radius 1 is 0.302 bits per heavy atom. The van der Waals surface area contributed by atoms with Crippen LogP contribution in [0.15, 0.2) is 273 Å². The van der Waals surface area contributed by atoms with Crippen molar-refractivity contribution in [2.24, 2.45) is 0 Å². The Balaban J connectivity index is 1.01. The fourth-order valence-corrected chi connectivity index (χ4v) is 12.4. The van der Waals surface area contributed by atoms with E-state index in [4.69, 9.17) is 71.1 Å². The molecular formula is C83H77BrO22. The molecule has 0 aliphatic carbocycles. The van der Waals surface area contributed by atoms with E-state index in [2.05, 4.69) is 15.9 Å². The molecule has 106 heavy (non-hydrogen) atoms. The van der Waals surface area contributed by atoms with Crippen LogP contribution in [0.3, 0.4) is 0 Å². The summed E-state index contributed by atoms with van der Waals surface area (Å²) in [4.78, 5) is 88.7. The summed E-state index contributed by atoms with van der Waals surface area (Å²) in [6, 6.07) is 75.3. The molecule has 15 atom stereocenters. The maximum Gasteiger partial charge on any atom is 0.338 e.